The van der Waals surface area contributed by atoms with Gasteiger partial charge in [-0.25, -0.2) is 0 Å². The summed E-state index contributed by atoms with van der Waals surface area (Å²) in [5.74, 6) is -0.198. The van der Waals surface area contributed by atoms with Crippen LogP contribution in [0.5, 0.6) is 0 Å². The normalized spacial score (nSPS) is 11.6. The average molecular weight is 266 g/mol. The highest BCUT2D eigenvalue weighted by atomic mass is 16.4. The van der Waals surface area contributed by atoms with Crippen LogP contribution in [0.3, 0.4) is 0 Å². The van der Waals surface area contributed by atoms with Gasteiger partial charge in [0.25, 0.3) is 5.91 Å². The van der Waals surface area contributed by atoms with Crippen molar-refractivity contribution in [3.8, 4) is 0 Å². The Morgan fingerprint density at radius 2 is 2.26 bits per heavy atom. The van der Waals surface area contributed by atoms with Crippen molar-refractivity contribution >= 4 is 11.7 Å². The minimum atomic E-state index is -0.328. The van der Waals surface area contributed by atoms with Gasteiger partial charge in [0.2, 0.25) is 5.56 Å². The molecule has 1 aromatic rings. The second-order valence-electron chi connectivity index (χ2n) is 4.38. The van der Waals surface area contributed by atoms with Crippen molar-refractivity contribution < 1.29 is 10.0 Å². The number of rotatable bonds is 5. The number of amides is 1. The summed E-state index contributed by atoms with van der Waals surface area (Å²) < 4.78 is 0. The molecule has 7 nitrogen and oxygen atoms in total. The summed E-state index contributed by atoms with van der Waals surface area (Å²) in [6, 6.07) is 2.74. The summed E-state index contributed by atoms with van der Waals surface area (Å²) >= 11 is 0. The first kappa shape index (κ1) is 14.7. The maximum absolute atomic E-state index is 12.3. The standard InChI is InChI=1S/C12H18N4O3/c1-8(2)16(6-4-10(13)15-19)12(18)9-3-5-14-11(17)7-9/h3,5,7-8,19H,4,6H2,1-2H3,(H2,13,15)(H,14,17). The number of nitrogens with one attached hydrogen (secondary N) is 1. The Balaban J connectivity index is 2.87. The largest absolute Gasteiger partial charge is 0.409 e. The van der Waals surface area contributed by atoms with Gasteiger partial charge in [0, 0.05) is 36.8 Å². The van der Waals surface area contributed by atoms with E-state index < -0.39 is 0 Å². The van der Waals surface area contributed by atoms with Crippen molar-refractivity contribution in [2.75, 3.05) is 6.54 Å². The minimum Gasteiger partial charge on any atom is -0.409 e. The van der Waals surface area contributed by atoms with Crippen molar-refractivity contribution in [3.05, 3.63) is 34.2 Å². The lowest BCUT2D eigenvalue weighted by Gasteiger charge is -2.26. The molecule has 1 aromatic heterocycles. The lowest BCUT2D eigenvalue weighted by molar-refractivity contribution is 0.0710. The van der Waals surface area contributed by atoms with Crippen LogP contribution in [0.25, 0.3) is 0 Å². The van der Waals surface area contributed by atoms with Crippen LogP contribution in [-0.2, 0) is 0 Å². The topological polar surface area (TPSA) is 112 Å². The Morgan fingerprint density at radius 1 is 1.58 bits per heavy atom. The van der Waals surface area contributed by atoms with Crippen LogP contribution in [0.1, 0.15) is 30.6 Å². The molecule has 1 rings (SSSR count). The quantitative estimate of drug-likeness (QED) is 0.309. The molecule has 0 aliphatic heterocycles. The zero-order valence-electron chi connectivity index (χ0n) is 11.0. The first-order valence-electron chi connectivity index (χ1n) is 5.91. The van der Waals surface area contributed by atoms with Gasteiger partial charge in [-0.2, -0.15) is 0 Å². The number of hydrogen-bond acceptors (Lipinski definition) is 4. The Hall–Kier alpha value is -2.31. The van der Waals surface area contributed by atoms with Crippen LogP contribution in [0, 0.1) is 0 Å². The molecule has 0 saturated heterocycles. The molecule has 104 valence electrons. The summed E-state index contributed by atoms with van der Waals surface area (Å²) in [7, 11) is 0. The molecule has 0 bridgehead atoms. The van der Waals surface area contributed by atoms with Crippen molar-refractivity contribution in [1.29, 1.82) is 0 Å². The fourth-order valence-corrected chi connectivity index (χ4v) is 1.62. The molecular weight excluding hydrogens is 248 g/mol. The van der Waals surface area contributed by atoms with Crippen LogP contribution in [0.2, 0.25) is 0 Å². The second kappa shape index (κ2) is 6.58. The van der Waals surface area contributed by atoms with E-state index in [1.54, 1.807) is 11.0 Å². The van der Waals surface area contributed by atoms with Crippen molar-refractivity contribution in [2.45, 2.75) is 26.3 Å². The van der Waals surface area contributed by atoms with E-state index in [2.05, 4.69) is 10.1 Å². The molecule has 19 heavy (non-hydrogen) atoms. The number of amidine groups is 1. The summed E-state index contributed by atoms with van der Waals surface area (Å²) in [6.07, 6.45) is 1.70. The maximum atomic E-state index is 12.3. The fraction of sp³-hybridized carbons (Fsp3) is 0.417. The van der Waals surface area contributed by atoms with Crippen molar-refractivity contribution in [2.24, 2.45) is 10.9 Å². The van der Waals surface area contributed by atoms with Gasteiger partial charge in [-0.1, -0.05) is 5.16 Å². The number of carbonyl (C=O) groups excluding carboxylic acids is 1. The van der Waals surface area contributed by atoms with E-state index in [0.717, 1.165) is 0 Å². The Bertz CT molecular complexity index is 522. The predicted molar refractivity (Wildman–Crippen MR) is 71.3 cm³/mol. The maximum Gasteiger partial charge on any atom is 0.254 e. The number of nitrogens with zero attached hydrogens (tertiary/aromatic N) is 2. The molecule has 0 fully saturated rings. The molecule has 0 radical (unpaired) electrons. The van der Waals surface area contributed by atoms with E-state index in [0.29, 0.717) is 12.1 Å². The number of carbonyl (C=O) groups is 1. The van der Waals surface area contributed by atoms with Crippen LogP contribution in [0.15, 0.2) is 28.3 Å². The van der Waals surface area contributed by atoms with Crippen molar-refractivity contribution in [3.63, 3.8) is 0 Å². The Morgan fingerprint density at radius 3 is 2.79 bits per heavy atom. The fourth-order valence-electron chi connectivity index (χ4n) is 1.62. The van der Waals surface area contributed by atoms with Gasteiger partial charge >= 0.3 is 0 Å². The third kappa shape index (κ3) is 4.13. The highest BCUT2D eigenvalue weighted by Crippen LogP contribution is 2.07. The molecule has 0 unspecified atom stereocenters. The molecule has 0 aromatic carbocycles. The molecular formula is C12H18N4O3. The summed E-state index contributed by atoms with van der Waals surface area (Å²) in [4.78, 5) is 27.5. The van der Waals surface area contributed by atoms with Gasteiger partial charge in [0.1, 0.15) is 5.84 Å². The van der Waals surface area contributed by atoms with Crippen molar-refractivity contribution in [1.82, 2.24) is 9.88 Å². The molecule has 0 saturated carbocycles. The predicted octanol–water partition coefficient (Wildman–Crippen LogP) is 0.362. The van der Waals surface area contributed by atoms with Gasteiger partial charge < -0.3 is 20.8 Å². The van der Waals surface area contributed by atoms with Gasteiger partial charge in [0.05, 0.1) is 0 Å². The molecule has 0 aliphatic carbocycles. The van der Waals surface area contributed by atoms with E-state index in [1.165, 1.54) is 12.3 Å². The van der Waals surface area contributed by atoms with Crippen LogP contribution in [0.4, 0.5) is 0 Å². The van der Waals surface area contributed by atoms with E-state index in [-0.39, 0.29) is 29.8 Å². The molecule has 1 amide bonds. The summed E-state index contributed by atoms with van der Waals surface area (Å²) in [6.45, 7) is 4.04. The van der Waals surface area contributed by atoms with Crippen LogP contribution in [-0.4, -0.2) is 39.4 Å². The molecule has 4 N–H and O–H groups in total. The number of oxime groups is 1. The third-order valence-corrected chi connectivity index (χ3v) is 2.64. The molecule has 0 aliphatic rings. The third-order valence-electron chi connectivity index (χ3n) is 2.64. The monoisotopic (exact) mass is 266 g/mol. The lowest BCUT2D eigenvalue weighted by Crippen LogP contribution is -2.39. The molecule has 0 spiro atoms. The van der Waals surface area contributed by atoms with E-state index in [1.807, 2.05) is 13.8 Å². The second-order valence-corrected chi connectivity index (χ2v) is 4.38. The lowest BCUT2D eigenvalue weighted by atomic mass is 10.2. The van der Waals surface area contributed by atoms with Gasteiger partial charge in [-0.3, -0.25) is 9.59 Å². The van der Waals surface area contributed by atoms with E-state index in [4.69, 9.17) is 10.9 Å². The summed E-state index contributed by atoms with van der Waals surface area (Å²) in [5.41, 5.74) is 5.38. The average Bonchev–Trinajstić information content (AvgIpc) is 2.38. The zero-order valence-corrected chi connectivity index (χ0v) is 11.0. The Labute approximate surface area is 110 Å². The highest BCUT2D eigenvalue weighted by molar-refractivity contribution is 5.94. The van der Waals surface area contributed by atoms with E-state index >= 15 is 0 Å². The van der Waals surface area contributed by atoms with Gasteiger partial charge in [0.15, 0.2) is 0 Å². The van der Waals surface area contributed by atoms with Gasteiger partial charge in [-0.15, -0.1) is 0 Å². The first-order valence-corrected chi connectivity index (χ1v) is 5.91. The number of pyridine rings is 1. The number of hydrogen-bond donors (Lipinski definition) is 3. The van der Waals surface area contributed by atoms with Crippen LogP contribution < -0.4 is 11.3 Å². The highest BCUT2D eigenvalue weighted by Gasteiger charge is 2.19. The van der Waals surface area contributed by atoms with E-state index in [9.17, 15) is 9.59 Å². The Kier molecular flexibility index (Phi) is 5.11. The number of aromatic nitrogens is 1. The molecule has 1 heterocycles. The molecule has 7 heteroatoms. The first-order chi connectivity index (χ1) is 8.95. The number of nitrogens with two attached hydrogens (primary N) is 1. The van der Waals surface area contributed by atoms with Gasteiger partial charge in [-0.05, 0) is 19.9 Å². The number of H-pyrrole nitrogens is 1. The number of aromatic amines is 1. The smallest absolute Gasteiger partial charge is 0.254 e. The molecule has 0 atom stereocenters. The SMILES string of the molecule is CC(C)N(CC/C(N)=N/O)C(=O)c1cc[nH]c(=O)c1. The zero-order chi connectivity index (χ0) is 14.4. The minimum absolute atomic E-state index is 0.0571. The van der Waals surface area contributed by atoms with Crippen LogP contribution >= 0.6 is 0 Å². The summed E-state index contributed by atoms with van der Waals surface area (Å²) in [5, 5.41) is 11.4.